The summed E-state index contributed by atoms with van der Waals surface area (Å²) in [4.78, 5) is 1.27. The van der Waals surface area contributed by atoms with Gasteiger partial charge in [0.2, 0.25) is 0 Å². The first kappa shape index (κ1) is 20.9. The van der Waals surface area contributed by atoms with Crippen LogP contribution in [0, 0.1) is 0 Å². The molecule has 4 rings (SSSR count). The van der Waals surface area contributed by atoms with Crippen molar-refractivity contribution in [3.63, 3.8) is 0 Å². The molecule has 0 aliphatic carbocycles. The Bertz CT molecular complexity index is 1140. The summed E-state index contributed by atoms with van der Waals surface area (Å²) in [7, 11) is 0.456. The van der Waals surface area contributed by atoms with Gasteiger partial charge in [-0.1, -0.05) is 78.9 Å². The van der Waals surface area contributed by atoms with E-state index in [1.54, 1.807) is 13.8 Å². The molecule has 0 unspecified atom stereocenters. The molecule has 0 fully saturated rings. The van der Waals surface area contributed by atoms with Crippen LogP contribution in [0.3, 0.4) is 0 Å². The van der Waals surface area contributed by atoms with Gasteiger partial charge < -0.3 is 9.76 Å². The summed E-state index contributed by atoms with van der Waals surface area (Å²) < 4.78 is 7.44. The van der Waals surface area contributed by atoms with Gasteiger partial charge in [-0.25, -0.2) is 0 Å². The van der Waals surface area contributed by atoms with Gasteiger partial charge in [0.15, 0.2) is 0 Å². The van der Waals surface area contributed by atoms with Gasteiger partial charge in [0, 0.05) is 20.5 Å². The minimum Gasteiger partial charge on any atom is -0.427 e. The van der Waals surface area contributed by atoms with Gasteiger partial charge in [-0.15, -0.1) is 11.3 Å². The molecule has 0 saturated carbocycles. The molecule has 0 radical (unpaired) electrons. The average Bonchev–Trinajstić information content (AvgIpc) is 3.13. The Morgan fingerprint density at radius 1 is 0.767 bits per heavy atom. The van der Waals surface area contributed by atoms with Crippen molar-refractivity contribution in [1.29, 1.82) is 0 Å². The van der Waals surface area contributed by atoms with E-state index in [9.17, 15) is 5.11 Å². The molecule has 4 heteroatoms. The van der Waals surface area contributed by atoms with Crippen molar-refractivity contribution >= 4 is 34.4 Å². The molecule has 0 amide bonds. The van der Waals surface area contributed by atoms with Crippen LogP contribution in [0.4, 0.5) is 0 Å². The molecule has 152 valence electrons. The fraction of sp³-hybridized carbons (Fsp3) is 0.231. The maximum Gasteiger partial charge on any atom is 0.310 e. The molecule has 4 aromatic rings. The number of thiophene rings is 1. The topological polar surface area (TPSA) is 29.5 Å². The van der Waals surface area contributed by atoms with E-state index >= 15 is 0 Å². The van der Waals surface area contributed by atoms with E-state index < -0.39 is 11.2 Å². The Kier molecular flexibility index (Phi) is 5.58. The summed E-state index contributed by atoms with van der Waals surface area (Å²) >= 11 is 1.81. The highest BCUT2D eigenvalue weighted by molar-refractivity contribution is 7.24. The van der Waals surface area contributed by atoms with E-state index in [0.29, 0.717) is 7.48 Å². The van der Waals surface area contributed by atoms with Crippen molar-refractivity contribution in [2.75, 3.05) is 0 Å². The number of aliphatic hydroxyl groups is 1. The maximum atomic E-state index is 10.5. The number of hydrogen-bond acceptors (Lipinski definition) is 3. The predicted octanol–water partition coefficient (Wildman–Crippen LogP) is 5.78. The van der Waals surface area contributed by atoms with Crippen LogP contribution in [0.5, 0.6) is 0 Å². The van der Waals surface area contributed by atoms with E-state index in [1.807, 2.05) is 25.2 Å². The van der Waals surface area contributed by atoms with Gasteiger partial charge in [0.25, 0.3) is 0 Å². The molecular formula is C26H27BO2S. The zero-order valence-electron chi connectivity index (χ0n) is 18.0. The highest BCUT2D eigenvalue weighted by Crippen LogP contribution is 2.44. The van der Waals surface area contributed by atoms with Crippen molar-refractivity contribution in [3.8, 4) is 21.6 Å². The molecule has 0 aliphatic heterocycles. The summed E-state index contributed by atoms with van der Waals surface area (Å²) in [6, 6.07) is 27.6. The van der Waals surface area contributed by atoms with E-state index in [0.717, 1.165) is 5.46 Å². The van der Waals surface area contributed by atoms with Gasteiger partial charge in [-0.2, -0.15) is 0 Å². The number of rotatable bonds is 6. The van der Waals surface area contributed by atoms with E-state index in [-0.39, 0.29) is 0 Å². The number of fused-ring (bicyclic) bond motifs is 1. The molecule has 2 nitrogen and oxygen atoms in total. The lowest BCUT2D eigenvalue weighted by molar-refractivity contribution is -0.0893. The Balaban J connectivity index is 1.85. The first-order valence-electron chi connectivity index (χ1n) is 10.3. The third kappa shape index (κ3) is 3.96. The minimum atomic E-state index is -0.930. The zero-order chi connectivity index (χ0) is 21.4. The predicted molar refractivity (Wildman–Crippen MR) is 131 cm³/mol. The molecule has 0 saturated heterocycles. The lowest BCUT2D eigenvalue weighted by Gasteiger charge is -2.37. The van der Waals surface area contributed by atoms with E-state index in [1.165, 1.54) is 31.7 Å². The SMILES string of the molecule is CC(C)(O)C(C)(C)OBc1cccc2c(-c3ccccc3)c(-c3ccccc3)sc12. The van der Waals surface area contributed by atoms with Crippen molar-refractivity contribution < 1.29 is 9.76 Å². The monoisotopic (exact) mass is 414 g/mol. The first-order chi connectivity index (χ1) is 14.3. The molecular weight excluding hydrogens is 387 g/mol. The van der Waals surface area contributed by atoms with E-state index in [4.69, 9.17) is 4.65 Å². The second-order valence-electron chi connectivity index (χ2n) is 8.69. The molecule has 0 atom stereocenters. The number of hydrogen-bond donors (Lipinski definition) is 1. The van der Waals surface area contributed by atoms with Crippen molar-refractivity contribution in [2.45, 2.75) is 38.9 Å². The molecule has 0 bridgehead atoms. The highest BCUT2D eigenvalue weighted by atomic mass is 32.1. The molecule has 1 N–H and O–H groups in total. The molecule has 30 heavy (non-hydrogen) atoms. The Hall–Kier alpha value is -2.40. The normalized spacial score (nSPS) is 12.3. The lowest BCUT2D eigenvalue weighted by Crippen LogP contribution is -2.49. The number of benzene rings is 3. The smallest absolute Gasteiger partial charge is 0.310 e. The fourth-order valence-electron chi connectivity index (χ4n) is 3.41. The molecule has 0 aliphatic rings. The van der Waals surface area contributed by atoms with Crippen LogP contribution in [0.2, 0.25) is 0 Å². The van der Waals surface area contributed by atoms with Crippen LogP contribution in [0.1, 0.15) is 27.7 Å². The third-order valence-corrected chi connectivity index (χ3v) is 7.29. The molecule has 0 spiro atoms. The van der Waals surface area contributed by atoms with E-state index in [2.05, 4.69) is 78.9 Å². The Morgan fingerprint density at radius 2 is 1.37 bits per heavy atom. The maximum absolute atomic E-state index is 10.5. The summed E-state index contributed by atoms with van der Waals surface area (Å²) in [6.07, 6.45) is 0. The summed E-state index contributed by atoms with van der Waals surface area (Å²) in [6.45, 7) is 7.46. The Morgan fingerprint density at radius 3 is 1.97 bits per heavy atom. The highest BCUT2D eigenvalue weighted by Gasteiger charge is 2.35. The minimum absolute atomic E-state index is 0.456. The largest absolute Gasteiger partial charge is 0.427 e. The second kappa shape index (κ2) is 8.03. The lowest BCUT2D eigenvalue weighted by atomic mass is 9.82. The summed E-state index contributed by atoms with van der Waals surface area (Å²) in [5, 5.41) is 11.7. The molecule has 3 aromatic carbocycles. The molecule has 1 heterocycles. The van der Waals surface area contributed by atoms with Gasteiger partial charge in [-0.3, -0.25) is 0 Å². The van der Waals surface area contributed by atoms with Crippen LogP contribution in [-0.4, -0.2) is 23.8 Å². The van der Waals surface area contributed by atoms with Crippen LogP contribution < -0.4 is 5.46 Å². The standard InChI is InChI=1S/C26H27BO2S/c1-25(2,28)26(3,4)29-27-21-17-11-16-20-22(18-12-7-5-8-13-18)23(30-24(20)21)19-14-9-6-10-15-19/h5-17,27-28H,1-4H3. The van der Waals surface area contributed by atoms with Crippen LogP contribution in [0.25, 0.3) is 31.7 Å². The molecule has 1 aromatic heterocycles. The quantitative estimate of drug-likeness (QED) is 0.406. The second-order valence-corrected chi connectivity index (χ2v) is 9.71. The van der Waals surface area contributed by atoms with Crippen LogP contribution in [-0.2, 0) is 4.65 Å². The van der Waals surface area contributed by atoms with Gasteiger partial charge in [0.05, 0.1) is 11.2 Å². The van der Waals surface area contributed by atoms with Crippen LogP contribution >= 0.6 is 11.3 Å². The van der Waals surface area contributed by atoms with Gasteiger partial charge in [0.1, 0.15) is 0 Å². The fourth-order valence-corrected chi connectivity index (χ4v) is 4.74. The van der Waals surface area contributed by atoms with Crippen molar-refractivity contribution in [2.24, 2.45) is 0 Å². The summed E-state index contributed by atoms with van der Waals surface area (Å²) in [5.41, 5.74) is 3.27. The third-order valence-electron chi connectivity index (χ3n) is 5.96. The van der Waals surface area contributed by atoms with Crippen molar-refractivity contribution in [1.82, 2.24) is 0 Å². The Labute approximate surface area is 183 Å². The summed E-state index contributed by atoms with van der Waals surface area (Å²) in [5.74, 6) is 0. The first-order valence-corrected chi connectivity index (χ1v) is 11.1. The average molecular weight is 414 g/mol. The zero-order valence-corrected chi connectivity index (χ0v) is 18.8. The van der Waals surface area contributed by atoms with Gasteiger partial charge in [-0.05, 0) is 44.3 Å². The van der Waals surface area contributed by atoms with Gasteiger partial charge >= 0.3 is 7.48 Å². The van der Waals surface area contributed by atoms with Crippen molar-refractivity contribution in [3.05, 3.63) is 78.9 Å². The van der Waals surface area contributed by atoms with Crippen LogP contribution in [0.15, 0.2) is 78.9 Å².